The van der Waals surface area contributed by atoms with Crippen LogP contribution in [-0.2, 0) is 14.4 Å². The van der Waals surface area contributed by atoms with Crippen molar-refractivity contribution in [2.24, 2.45) is 5.41 Å². The van der Waals surface area contributed by atoms with Crippen LogP contribution in [0.3, 0.4) is 0 Å². The summed E-state index contributed by atoms with van der Waals surface area (Å²) in [6, 6.07) is 7.55. The molecule has 1 unspecified atom stereocenters. The Hall–Kier alpha value is -4.58. The summed E-state index contributed by atoms with van der Waals surface area (Å²) in [4.78, 5) is 59.0. The lowest BCUT2D eigenvalue weighted by Gasteiger charge is -2.37. The zero-order valence-corrected chi connectivity index (χ0v) is 35.7. The number of benzene rings is 1. The van der Waals surface area contributed by atoms with Crippen molar-refractivity contribution in [1.82, 2.24) is 57.7 Å². The van der Waals surface area contributed by atoms with E-state index in [2.05, 4.69) is 59.8 Å². The van der Waals surface area contributed by atoms with Gasteiger partial charge in [-0.1, -0.05) is 6.92 Å². The minimum atomic E-state index is -3.15. The summed E-state index contributed by atoms with van der Waals surface area (Å²) in [5, 5.41) is 40.0. The number of aromatic nitrogens is 1. The number of nitriles is 1. The van der Waals surface area contributed by atoms with Crippen molar-refractivity contribution in [3.05, 3.63) is 36.0 Å². The number of hydrogen-bond donors (Lipinski definition) is 9. The van der Waals surface area contributed by atoms with Gasteiger partial charge in [0.2, 0.25) is 17.7 Å². The zero-order valence-electron chi connectivity index (χ0n) is 35.7. The molecule has 0 aliphatic carbocycles. The van der Waals surface area contributed by atoms with Crippen LogP contribution in [0.25, 0.3) is 10.9 Å². The van der Waals surface area contributed by atoms with E-state index in [1.54, 1.807) is 12.1 Å². The molecule has 61 heavy (non-hydrogen) atoms. The Morgan fingerprint density at radius 3 is 2.08 bits per heavy atom. The van der Waals surface area contributed by atoms with Crippen LogP contribution in [0.2, 0.25) is 0 Å². The van der Waals surface area contributed by atoms with Crippen molar-refractivity contribution in [3.63, 3.8) is 0 Å². The largest absolute Gasteiger partial charge is 0.375 e. The zero-order chi connectivity index (χ0) is 43.7. The highest BCUT2D eigenvalue weighted by Gasteiger charge is 2.47. The minimum Gasteiger partial charge on any atom is -0.375 e. The summed E-state index contributed by atoms with van der Waals surface area (Å²) in [7, 11) is 1.92. The van der Waals surface area contributed by atoms with E-state index >= 15 is 0 Å². The number of carbonyl (C=O) groups excluding carboxylic acids is 4. The van der Waals surface area contributed by atoms with Gasteiger partial charge in [-0.05, 0) is 43.5 Å². The predicted molar refractivity (Wildman–Crippen MR) is 230 cm³/mol. The maximum Gasteiger partial charge on any atom is 0.268 e. The molecular formula is C42H65F2N13O4. The van der Waals surface area contributed by atoms with Gasteiger partial charge in [0, 0.05) is 141 Å². The van der Waals surface area contributed by atoms with Crippen molar-refractivity contribution >= 4 is 40.2 Å². The molecule has 17 nitrogen and oxygen atoms in total. The van der Waals surface area contributed by atoms with E-state index in [1.165, 1.54) is 12.3 Å². The Kier molecular flexibility index (Phi) is 17.9. The number of unbranched alkanes of at least 4 members (excludes halogenated alkanes) is 1. The first-order valence-corrected chi connectivity index (χ1v) is 21.6. The topological polar surface area (TPSA) is 220 Å². The first kappa shape index (κ1) is 47.5. The maximum absolute atomic E-state index is 13.8. The number of rotatable bonds is 14. The predicted octanol–water partition coefficient (Wildman–Crippen LogP) is -0.347. The normalized spacial score (nSPS) is 23.9. The first-order chi connectivity index (χ1) is 29.3. The molecular weight excluding hydrogens is 789 g/mol. The van der Waals surface area contributed by atoms with Crippen LogP contribution >= 0.6 is 0 Å². The number of pyridine rings is 1. The van der Waals surface area contributed by atoms with Gasteiger partial charge in [-0.15, -0.1) is 0 Å². The number of nitrogens with zero attached hydrogens (tertiary/aromatic N) is 4. The third kappa shape index (κ3) is 14.8. The molecule has 5 heterocycles. The Labute approximate surface area is 357 Å². The molecule has 4 amide bonds. The van der Waals surface area contributed by atoms with Crippen LogP contribution in [0, 0.1) is 16.7 Å². The molecule has 0 saturated carbocycles. The lowest BCUT2D eigenvalue weighted by molar-refractivity contribution is -0.131. The number of anilines is 1. The lowest BCUT2D eigenvalue weighted by Crippen LogP contribution is -2.66. The molecule has 0 radical (unpaired) electrons. The standard InChI is InChI=1S/C42H65F2N13O4/c1-40-24-46-13-16-49-27-41(28-50-17-14-47-25-40,29-51-18-15-48-26-40)55-37(59)7-5-6-36(58)53-11-3-4-19-56(2)31-8-9-35-34(20-31)33(10-12-52-35)39(61)54-23-38(60)57-30-42(43,44)21-32(57)22-45/h8-10,12,20,32,46-51H,3-7,11,13-19,21,23-30H2,1-2H3,(H,53,58)(H,54,61)(H,55,59). The molecule has 4 aliphatic rings. The number of carbonyl (C=O) groups is 4. The van der Waals surface area contributed by atoms with Crippen LogP contribution < -0.4 is 52.8 Å². The first-order valence-electron chi connectivity index (χ1n) is 21.6. The summed E-state index contributed by atoms with van der Waals surface area (Å²) in [5.41, 5.74) is 1.23. The van der Waals surface area contributed by atoms with Crippen LogP contribution in [0.5, 0.6) is 0 Å². The summed E-state index contributed by atoms with van der Waals surface area (Å²) in [6.45, 7) is 11.4. The molecule has 9 N–H and O–H groups in total. The average molecular weight is 854 g/mol. The Bertz CT molecular complexity index is 1790. The third-order valence-corrected chi connectivity index (χ3v) is 11.5. The van der Waals surface area contributed by atoms with Gasteiger partial charge in [0.15, 0.2) is 0 Å². The third-order valence-electron chi connectivity index (χ3n) is 11.5. The molecule has 4 fully saturated rings. The van der Waals surface area contributed by atoms with Gasteiger partial charge in [0.25, 0.3) is 11.8 Å². The van der Waals surface area contributed by atoms with Gasteiger partial charge < -0.3 is 57.7 Å². The summed E-state index contributed by atoms with van der Waals surface area (Å²) in [6.07, 6.45) is 3.20. The van der Waals surface area contributed by atoms with Crippen molar-refractivity contribution in [2.45, 2.75) is 63.0 Å². The second-order valence-corrected chi connectivity index (χ2v) is 17.0. The highest BCUT2D eigenvalue weighted by atomic mass is 19.3. The van der Waals surface area contributed by atoms with Gasteiger partial charge in [-0.3, -0.25) is 24.2 Å². The second kappa shape index (κ2) is 23.0. The number of nitrogens with one attached hydrogen (secondary N) is 9. The fourth-order valence-corrected chi connectivity index (χ4v) is 8.00. The fraction of sp³-hybridized carbons (Fsp3) is 0.667. The van der Waals surface area contributed by atoms with E-state index in [0.29, 0.717) is 50.0 Å². The molecule has 19 heteroatoms. The molecule has 4 aliphatic heterocycles. The number of amides is 4. The van der Waals surface area contributed by atoms with Crippen molar-refractivity contribution in [3.8, 4) is 6.07 Å². The van der Waals surface area contributed by atoms with E-state index < -0.39 is 48.8 Å². The van der Waals surface area contributed by atoms with E-state index in [9.17, 15) is 33.2 Å². The number of hydrogen-bond acceptors (Lipinski definition) is 13. The van der Waals surface area contributed by atoms with Crippen LogP contribution in [0.4, 0.5) is 14.5 Å². The van der Waals surface area contributed by atoms with Gasteiger partial charge in [-0.25, -0.2) is 8.78 Å². The van der Waals surface area contributed by atoms with E-state index in [-0.39, 0.29) is 35.6 Å². The Morgan fingerprint density at radius 1 is 0.852 bits per heavy atom. The summed E-state index contributed by atoms with van der Waals surface area (Å²) >= 11 is 0. The highest BCUT2D eigenvalue weighted by molar-refractivity contribution is 6.07. The molecule has 1 aromatic carbocycles. The molecule has 1 atom stereocenters. The highest BCUT2D eigenvalue weighted by Crippen LogP contribution is 2.31. The van der Waals surface area contributed by atoms with Gasteiger partial charge in [-0.2, -0.15) is 5.26 Å². The summed E-state index contributed by atoms with van der Waals surface area (Å²) in [5.74, 6) is -4.64. The monoisotopic (exact) mass is 854 g/mol. The smallest absolute Gasteiger partial charge is 0.268 e. The second-order valence-electron chi connectivity index (χ2n) is 17.0. The number of fused-ring (bicyclic) bond motifs is 16. The molecule has 2 aromatic rings. The Morgan fingerprint density at radius 2 is 1.46 bits per heavy atom. The minimum absolute atomic E-state index is 0.0807. The molecule has 0 spiro atoms. The van der Waals surface area contributed by atoms with Crippen molar-refractivity contribution < 1.29 is 28.0 Å². The van der Waals surface area contributed by atoms with E-state index in [0.717, 1.165) is 82.3 Å². The Balaban J connectivity index is 1.03. The van der Waals surface area contributed by atoms with Crippen molar-refractivity contribution in [1.29, 1.82) is 5.26 Å². The number of likely N-dealkylation sites (tertiary alicyclic amines) is 1. The summed E-state index contributed by atoms with van der Waals surface area (Å²) < 4.78 is 27.7. The van der Waals surface area contributed by atoms with Crippen LogP contribution in [0.15, 0.2) is 30.5 Å². The SMILES string of the molecule is CN(CCCCNC(=O)CCCC(=O)NC12CNCCNCC(C)(CNCCNC1)CNCCNC2)c1ccc2nccc(C(=O)NCC(=O)N3CC(F)(F)CC3C#N)c2c1. The van der Waals surface area contributed by atoms with Gasteiger partial charge >= 0.3 is 0 Å². The van der Waals surface area contributed by atoms with Crippen LogP contribution in [-0.4, -0.2) is 163 Å². The van der Waals surface area contributed by atoms with E-state index in [4.69, 9.17) is 0 Å². The van der Waals surface area contributed by atoms with Gasteiger partial charge in [0.1, 0.15) is 6.04 Å². The molecule has 336 valence electrons. The average Bonchev–Trinajstić information content (AvgIpc) is 3.56. The van der Waals surface area contributed by atoms with Crippen LogP contribution in [0.1, 0.15) is 55.8 Å². The maximum atomic E-state index is 13.8. The fourth-order valence-electron chi connectivity index (χ4n) is 8.00. The quantitative estimate of drug-likeness (QED) is 0.111. The van der Waals surface area contributed by atoms with Gasteiger partial charge in [0.05, 0.1) is 35.8 Å². The molecule has 2 bridgehead atoms. The molecule has 6 rings (SSSR count). The number of halogens is 2. The van der Waals surface area contributed by atoms with Crippen molar-refractivity contribution in [2.75, 3.05) is 117 Å². The number of alkyl halides is 2. The molecule has 1 aromatic heterocycles. The lowest BCUT2D eigenvalue weighted by atomic mass is 9.90. The molecule has 4 saturated heterocycles. The van der Waals surface area contributed by atoms with E-state index in [1.807, 2.05) is 24.1 Å².